The van der Waals surface area contributed by atoms with Gasteiger partial charge in [0.25, 0.3) is 0 Å². The van der Waals surface area contributed by atoms with Gasteiger partial charge in [0.05, 0.1) is 0 Å². The zero-order chi connectivity index (χ0) is 8.43. The highest BCUT2D eigenvalue weighted by molar-refractivity contribution is 7.98. The van der Waals surface area contributed by atoms with E-state index < -0.39 is 5.97 Å². The first kappa shape index (κ1) is 8.20. The normalized spacial score (nSPS) is 10.0. The number of hydrogen-bond donors (Lipinski definition) is 1. The number of aryl methyl sites for hydroxylation is 1. The molecule has 11 heavy (non-hydrogen) atoms. The number of hydrogen-bond acceptors (Lipinski definition) is 3. The maximum Gasteiger partial charge on any atom is 0.339 e. The van der Waals surface area contributed by atoms with E-state index in [0.29, 0.717) is 10.9 Å². The summed E-state index contributed by atoms with van der Waals surface area (Å²) in [6.45, 7) is 1.64. The van der Waals surface area contributed by atoms with E-state index in [-0.39, 0.29) is 5.56 Å². The third-order valence-electron chi connectivity index (χ3n) is 1.33. The van der Waals surface area contributed by atoms with Crippen LogP contribution in [0.4, 0.5) is 0 Å². The highest BCUT2D eigenvalue weighted by Gasteiger charge is 2.12. The summed E-state index contributed by atoms with van der Waals surface area (Å²) in [6.07, 6.45) is 1.84. The fraction of sp³-hybridized carbons (Fsp3) is 0.286. The van der Waals surface area contributed by atoms with Gasteiger partial charge in [0.2, 0.25) is 0 Å². The number of thioether (sulfide) groups is 1. The molecule has 0 aliphatic heterocycles. The van der Waals surface area contributed by atoms with E-state index in [1.807, 2.05) is 6.26 Å². The molecule has 0 spiro atoms. The third-order valence-corrected chi connectivity index (χ3v) is 1.93. The van der Waals surface area contributed by atoms with Crippen molar-refractivity contribution >= 4 is 17.7 Å². The van der Waals surface area contributed by atoms with E-state index in [0.717, 1.165) is 0 Å². The van der Waals surface area contributed by atoms with Gasteiger partial charge in [0, 0.05) is 6.07 Å². The molecule has 3 nitrogen and oxygen atoms in total. The molecule has 0 aliphatic carbocycles. The van der Waals surface area contributed by atoms with Crippen LogP contribution in [-0.4, -0.2) is 17.3 Å². The number of furan rings is 1. The zero-order valence-electron chi connectivity index (χ0n) is 6.25. The van der Waals surface area contributed by atoms with Crippen LogP contribution >= 0.6 is 11.8 Å². The standard InChI is InChI=1S/C7H8O3S/c1-4-5(7(8)9)3-6(10-4)11-2/h3H,1-2H3,(H,8,9). The lowest BCUT2D eigenvalue weighted by molar-refractivity contribution is 0.0695. The maximum atomic E-state index is 10.5. The summed E-state index contributed by atoms with van der Waals surface area (Å²) in [5, 5.41) is 9.24. The van der Waals surface area contributed by atoms with Crippen LogP contribution in [0, 0.1) is 6.92 Å². The number of rotatable bonds is 2. The van der Waals surface area contributed by atoms with Crippen LogP contribution in [0.3, 0.4) is 0 Å². The van der Waals surface area contributed by atoms with Gasteiger partial charge in [0.1, 0.15) is 11.3 Å². The minimum absolute atomic E-state index is 0.245. The van der Waals surface area contributed by atoms with Crippen molar-refractivity contribution in [2.75, 3.05) is 6.26 Å². The van der Waals surface area contributed by atoms with Crippen molar-refractivity contribution in [3.05, 3.63) is 17.4 Å². The number of carboxylic acids is 1. The summed E-state index contributed by atoms with van der Waals surface area (Å²) in [6, 6.07) is 1.53. The van der Waals surface area contributed by atoms with Gasteiger partial charge in [-0.05, 0) is 13.2 Å². The molecule has 0 amide bonds. The minimum atomic E-state index is -0.938. The smallest absolute Gasteiger partial charge is 0.339 e. The second-order valence-electron chi connectivity index (χ2n) is 2.04. The molecule has 0 aliphatic rings. The van der Waals surface area contributed by atoms with E-state index >= 15 is 0 Å². The Morgan fingerprint density at radius 3 is 2.64 bits per heavy atom. The number of carbonyl (C=O) groups is 1. The first-order valence-electron chi connectivity index (χ1n) is 3.03. The van der Waals surface area contributed by atoms with Crippen LogP contribution in [0.1, 0.15) is 16.1 Å². The molecule has 0 fully saturated rings. The average Bonchev–Trinajstić information content (AvgIpc) is 2.30. The lowest BCUT2D eigenvalue weighted by Crippen LogP contribution is -1.94. The Bertz CT molecular complexity index is 277. The van der Waals surface area contributed by atoms with Gasteiger partial charge in [-0.25, -0.2) is 4.79 Å². The first-order valence-corrected chi connectivity index (χ1v) is 4.25. The molecule has 0 bridgehead atoms. The monoisotopic (exact) mass is 172 g/mol. The average molecular weight is 172 g/mol. The molecule has 0 saturated carbocycles. The van der Waals surface area contributed by atoms with Crippen LogP contribution in [0.15, 0.2) is 15.6 Å². The van der Waals surface area contributed by atoms with Crippen molar-refractivity contribution in [2.45, 2.75) is 12.0 Å². The van der Waals surface area contributed by atoms with Crippen LogP contribution in [0.25, 0.3) is 0 Å². The SMILES string of the molecule is CSc1cc(C(=O)O)c(C)o1. The minimum Gasteiger partial charge on any atom is -0.478 e. The molecule has 0 atom stereocenters. The van der Waals surface area contributed by atoms with Crippen molar-refractivity contribution in [3.8, 4) is 0 Å². The zero-order valence-corrected chi connectivity index (χ0v) is 7.07. The van der Waals surface area contributed by atoms with Gasteiger partial charge in [-0.3, -0.25) is 0 Å². The fourth-order valence-electron chi connectivity index (χ4n) is 0.768. The van der Waals surface area contributed by atoms with Crippen LogP contribution in [-0.2, 0) is 0 Å². The molecule has 0 unspecified atom stereocenters. The molecule has 0 radical (unpaired) electrons. The van der Waals surface area contributed by atoms with Crippen LogP contribution < -0.4 is 0 Å². The summed E-state index contributed by atoms with van der Waals surface area (Å²) in [7, 11) is 0. The highest BCUT2D eigenvalue weighted by Crippen LogP contribution is 2.21. The molecule has 4 heteroatoms. The fourth-order valence-corrected chi connectivity index (χ4v) is 1.21. The van der Waals surface area contributed by atoms with Crippen LogP contribution in [0.5, 0.6) is 0 Å². The summed E-state index contributed by atoms with van der Waals surface area (Å²) in [4.78, 5) is 10.5. The molecular weight excluding hydrogens is 164 g/mol. The number of aromatic carboxylic acids is 1. The molecule has 1 aromatic heterocycles. The molecule has 60 valence electrons. The summed E-state index contributed by atoms with van der Waals surface area (Å²) in [5.74, 6) is -0.478. The third kappa shape index (κ3) is 1.57. The second kappa shape index (κ2) is 3.00. The van der Waals surface area contributed by atoms with Gasteiger partial charge in [-0.15, -0.1) is 0 Å². The van der Waals surface area contributed by atoms with E-state index in [1.165, 1.54) is 17.8 Å². The molecule has 1 aromatic rings. The largest absolute Gasteiger partial charge is 0.478 e. The van der Waals surface area contributed by atoms with E-state index in [1.54, 1.807) is 6.92 Å². The van der Waals surface area contributed by atoms with Crippen molar-refractivity contribution in [2.24, 2.45) is 0 Å². The molecule has 1 N–H and O–H groups in total. The van der Waals surface area contributed by atoms with Crippen LogP contribution in [0.2, 0.25) is 0 Å². The van der Waals surface area contributed by atoms with E-state index in [4.69, 9.17) is 9.52 Å². The highest BCUT2D eigenvalue weighted by atomic mass is 32.2. The summed E-state index contributed by atoms with van der Waals surface area (Å²) in [5.41, 5.74) is 0.245. The van der Waals surface area contributed by atoms with E-state index in [9.17, 15) is 4.79 Å². The van der Waals surface area contributed by atoms with Crippen molar-refractivity contribution < 1.29 is 14.3 Å². The Labute approximate surface area is 68.4 Å². The number of carboxylic acid groups (broad SMARTS) is 1. The van der Waals surface area contributed by atoms with E-state index in [2.05, 4.69) is 0 Å². The molecular formula is C7H8O3S. The molecule has 0 aromatic carbocycles. The topological polar surface area (TPSA) is 50.4 Å². The Morgan fingerprint density at radius 2 is 2.36 bits per heavy atom. The lowest BCUT2D eigenvalue weighted by atomic mass is 10.3. The van der Waals surface area contributed by atoms with Gasteiger partial charge in [-0.1, -0.05) is 11.8 Å². The Kier molecular flexibility index (Phi) is 2.24. The summed E-state index contributed by atoms with van der Waals surface area (Å²) >= 11 is 1.39. The first-order chi connectivity index (χ1) is 5.15. The van der Waals surface area contributed by atoms with Gasteiger partial charge >= 0.3 is 5.97 Å². The molecule has 1 rings (SSSR count). The van der Waals surface area contributed by atoms with Crippen molar-refractivity contribution in [3.63, 3.8) is 0 Å². The molecule has 1 heterocycles. The van der Waals surface area contributed by atoms with Crippen molar-refractivity contribution in [1.29, 1.82) is 0 Å². The maximum absolute atomic E-state index is 10.5. The predicted molar refractivity (Wildman–Crippen MR) is 42.2 cm³/mol. The summed E-state index contributed by atoms with van der Waals surface area (Å²) < 4.78 is 5.11. The Balaban J connectivity index is 3.07. The lowest BCUT2D eigenvalue weighted by Gasteiger charge is -1.85. The Morgan fingerprint density at radius 1 is 1.73 bits per heavy atom. The van der Waals surface area contributed by atoms with Gasteiger partial charge in [0.15, 0.2) is 5.09 Å². The van der Waals surface area contributed by atoms with Gasteiger partial charge in [-0.2, -0.15) is 0 Å². The van der Waals surface area contributed by atoms with Crippen molar-refractivity contribution in [1.82, 2.24) is 0 Å². The Hall–Kier alpha value is -0.900. The second-order valence-corrected chi connectivity index (χ2v) is 2.86. The van der Waals surface area contributed by atoms with Gasteiger partial charge < -0.3 is 9.52 Å². The predicted octanol–water partition coefficient (Wildman–Crippen LogP) is 2.01. The quantitative estimate of drug-likeness (QED) is 0.693. The molecule has 0 saturated heterocycles.